The third-order valence-electron chi connectivity index (χ3n) is 5.14. The van der Waals surface area contributed by atoms with Gasteiger partial charge in [-0.05, 0) is 36.0 Å². The number of anilines is 1. The number of carbonyl (C=O) groups is 2. The summed E-state index contributed by atoms with van der Waals surface area (Å²) in [7, 11) is 0. The molecule has 1 N–H and O–H groups in total. The number of rotatable bonds is 4. The second-order valence-electron chi connectivity index (χ2n) is 7.11. The minimum absolute atomic E-state index is 0.0256. The van der Waals surface area contributed by atoms with E-state index in [-0.39, 0.29) is 29.1 Å². The van der Waals surface area contributed by atoms with Crippen molar-refractivity contribution in [2.24, 2.45) is 17.3 Å². The normalized spacial score (nSPS) is 29.7. The molecular weight excluding hydrogens is 264 g/mol. The standard InChI is InChI=1S/C17H20N2O2/c1-17(2)13-14(17)16(21)19(15(13)20)12-5-3-4-10(8-12)9-18-11-6-7-11/h3-5,8,11,13-14,18H,6-7,9H2,1-2H3. The van der Waals surface area contributed by atoms with Crippen molar-refractivity contribution in [3.05, 3.63) is 29.8 Å². The van der Waals surface area contributed by atoms with E-state index in [2.05, 4.69) is 5.32 Å². The average Bonchev–Trinajstić information content (AvgIpc) is 3.31. The van der Waals surface area contributed by atoms with Gasteiger partial charge in [0.25, 0.3) is 0 Å². The number of imide groups is 1. The maximum absolute atomic E-state index is 12.5. The Morgan fingerprint density at radius 3 is 2.48 bits per heavy atom. The Bertz CT molecular complexity index is 609. The van der Waals surface area contributed by atoms with E-state index in [0.29, 0.717) is 6.04 Å². The van der Waals surface area contributed by atoms with Gasteiger partial charge in [0.1, 0.15) is 0 Å². The van der Waals surface area contributed by atoms with Gasteiger partial charge in [-0.1, -0.05) is 26.0 Å². The Hall–Kier alpha value is -1.68. The molecule has 0 spiro atoms. The second-order valence-corrected chi connectivity index (χ2v) is 7.11. The van der Waals surface area contributed by atoms with Gasteiger partial charge in [-0.3, -0.25) is 14.5 Å². The van der Waals surface area contributed by atoms with Crippen molar-refractivity contribution < 1.29 is 9.59 Å². The summed E-state index contributed by atoms with van der Waals surface area (Å²) in [5.41, 5.74) is 1.71. The van der Waals surface area contributed by atoms with Crippen molar-refractivity contribution in [1.29, 1.82) is 0 Å². The van der Waals surface area contributed by atoms with E-state index >= 15 is 0 Å². The van der Waals surface area contributed by atoms with E-state index in [4.69, 9.17) is 0 Å². The number of nitrogens with one attached hydrogen (secondary N) is 1. The molecular formula is C17H20N2O2. The highest BCUT2D eigenvalue weighted by atomic mass is 16.2. The lowest BCUT2D eigenvalue weighted by Gasteiger charge is -2.21. The summed E-state index contributed by atoms with van der Waals surface area (Å²) in [4.78, 5) is 26.3. The Labute approximate surface area is 124 Å². The fourth-order valence-corrected chi connectivity index (χ4v) is 3.56. The van der Waals surface area contributed by atoms with Crippen molar-refractivity contribution in [3.63, 3.8) is 0 Å². The zero-order valence-corrected chi connectivity index (χ0v) is 12.4. The molecule has 0 aromatic heterocycles. The van der Waals surface area contributed by atoms with Crippen LogP contribution in [-0.4, -0.2) is 17.9 Å². The topological polar surface area (TPSA) is 49.4 Å². The Balaban J connectivity index is 1.55. The molecule has 3 aliphatic rings. The molecule has 2 unspecified atom stereocenters. The van der Waals surface area contributed by atoms with Gasteiger partial charge in [0.15, 0.2) is 0 Å². The lowest BCUT2D eigenvalue weighted by atomic mass is 10.0. The summed E-state index contributed by atoms with van der Waals surface area (Å²) < 4.78 is 0. The van der Waals surface area contributed by atoms with E-state index in [9.17, 15) is 9.59 Å². The Kier molecular flexibility index (Phi) is 2.58. The van der Waals surface area contributed by atoms with E-state index in [1.165, 1.54) is 17.7 Å². The van der Waals surface area contributed by atoms with Crippen LogP contribution in [0.2, 0.25) is 0 Å². The molecule has 4 heteroatoms. The SMILES string of the molecule is CC1(C)C2C(=O)N(c3cccc(CNC4CC4)c3)C(=O)C21. The van der Waals surface area contributed by atoms with Gasteiger partial charge in [0.2, 0.25) is 11.8 Å². The van der Waals surface area contributed by atoms with Crippen molar-refractivity contribution in [1.82, 2.24) is 5.32 Å². The van der Waals surface area contributed by atoms with Crippen LogP contribution < -0.4 is 10.2 Å². The van der Waals surface area contributed by atoms with Crippen molar-refractivity contribution in [3.8, 4) is 0 Å². The number of benzene rings is 1. The molecule has 1 aromatic rings. The molecule has 21 heavy (non-hydrogen) atoms. The Morgan fingerprint density at radius 1 is 1.19 bits per heavy atom. The number of carbonyl (C=O) groups excluding carboxylic acids is 2. The number of hydrogen-bond acceptors (Lipinski definition) is 3. The lowest BCUT2D eigenvalue weighted by molar-refractivity contribution is -0.125. The third-order valence-corrected chi connectivity index (χ3v) is 5.14. The third kappa shape index (κ3) is 1.93. The van der Waals surface area contributed by atoms with E-state index in [0.717, 1.165) is 17.8 Å². The molecule has 1 heterocycles. The second kappa shape index (κ2) is 4.17. The van der Waals surface area contributed by atoms with E-state index < -0.39 is 0 Å². The maximum Gasteiger partial charge on any atom is 0.238 e. The van der Waals surface area contributed by atoms with Crippen LogP contribution in [0.15, 0.2) is 24.3 Å². The van der Waals surface area contributed by atoms with Crippen molar-refractivity contribution in [2.75, 3.05) is 4.90 Å². The Morgan fingerprint density at radius 2 is 1.86 bits per heavy atom. The van der Waals surface area contributed by atoms with Gasteiger partial charge in [-0.2, -0.15) is 0 Å². The van der Waals surface area contributed by atoms with Gasteiger partial charge < -0.3 is 5.32 Å². The molecule has 4 rings (SSSR count). The lowest BCUT2D eigenvalue weighted by Crippen LogP contribution is -2.36. The molecule has 110 valence electrons. The van der Waals surface area contributed by atoms with Crippen LogP contribution in [0.5, 0.6) is 0 Å². The maximum atomic E-state index is 12.5. The monoisotopic (exact) mass is 284 g/mol. The van der Waals surface area contributed by atoms with Crippen LogP contribution in [0, 0.1) is 17.3 Å². The molecule has 2 aliphatic carbocycles. The summed E-state index contributed by atoms with van der Waals surface area (Å²) in [6.07, 6.45) is 2.50. The van der Waals surface area contributed by atoms with Gasteiger partial charge in [-0.25, -0.2) is 0 Å². The molecule has 4 nitrogen and oxygen atoms in total. The summed E-state index contributed by atoms with van der Waals surface area (Å²) in [6.45, 7) is 4.81. The predicted molar refractivity (Wildman–Crippen MR) is 79.6 cm³/mol. The van der Waals surface area contributed by atoms with Crippen LogP contribution in [0.4, 0.5) is 5.69 Å². The first-order valence-corrected chi connectivity index (χ1v) is 7.70. The quantitative estimate of drug-likeness (QED) is 0.861. The fourth-order valence-electron chi connectivity index (χ4n) is 3.56. The minimum Gasteiger partial charge on any atom is -0.310 e. The average molecular weight is 284 g/mol. The van der Waals surface area contributed by atoms with Crippen LogP contribution >= 0.6 is 0 Å². The zero-order chi connectivity index (χ0) is 14.8. The number of hydrogen-bond donors (Lipinski definition) is 1. The number of nitrogens with zero attached hydrogens (tertiary/aromatic N) is 1. The first kappa shape index (κ1) is 13.0. The summed E-state index contributed by atoms with van der Waals surface area (Å²) in [5, 5.41) is 3.46. The van der Waals surface area contributed by atoms with Gasteiger partial charge in [0.05, 0.1) is 17.5 Å². The van der Waals surface area contributed by atoms with Crippen molar-refractivity contribution >= 4 is 17.5 Å². The molecule has 0 radical (unpaired) electrons. The van der Waals surface area contributed by atoms with Gasteiger partial charge in [-0.15, -0.1) is 0 Å². The molecule has 2 atom stereocenters. The largest absolute Gasteiger partial charge is 0.310 e. The first-order chi connectivity index (χ1) is 10.00. The predicted octanol–water partition coefficient (Wildman–Crippen LogP) is 2.08. The van der Waals surface area contributed by atoms with E-state index in [1.807, 2.05) is 38.1 Å². The first-order valence-electron chi connectivity index (χ1n) is 7.70. The van der Waals surface area contributed by atoms with Crippen molar-refractivity contribution in [2.45, 2.75) is 39.3 Å². The number of amides is 2. The van der Waals surface area contributed by atoms with Crippen LogP contribution in [-0.2, 0) is 16.1 Å². The minimum atomic E-state index is -0.143. The highest BCUT2D eigenvalue weighted by Gasteiger charge is 2.72. The number of piperidine rings is 1. The van der Waals surface area contributed by atoms with E-state index in [1.54, 1.807) is 0 Å². The summed E-state index contributed by atoms with van der Waals surface area (Å²) in [6, 6.07) is 8.43. The molecule has 1 saturated heterocycles. The summed E-state index contributed by atoms with van der Waals surface area (Å²) in [5.74, 6) is -0.277. The molecule has 1 aliphatic heterocycles. The fraction of sp³-hybridized carbons (Fsp3) is 0.529. The molecule has 2 amide bonds. The zero-order valence-electron chi connectivity index (χ0n) is 12.4. The molecule has 1 aromatic carbocycles. The smallest absolute Gasteiger partial charge is 0.238 e. The van der Waals surface area contributed by atoms with Gasteiger partial charge in [0, 0.05) is 12.6 Å². The molecule has 0 bridgehead atoms. The summed E-state index contributed by atoms with van der Waals surface area (Å²) >= 11 is 0. The molecule has 2 saturated carbocycles. The van der Waals surface area contributed by atoms with Crippen LogP contribution in [0.25, 0.3) is 0 Å². The highest BCUT2D eigenvalue weighted by molar-refractivity contribution is 6.25. The van der Waals surface area contributed by atoms with Gasteiger partial charge >= 0.3 is 0 Å². The number of fused-ring (bicyclic) bond motifs is 1. The van der Waals surface area contributed by atoms with Crippen LogP contribution in [0.3, 0.4) is 0 Å². The van der Waals surface area contributed by atoms with Crippen LogP contribution in [0.1, 0.15) is 32.3 Å². The molecule has 3 fully saturated rings. The highest BCUT2D eigenvalue weighted by Crippen LogP contribution is 2.63.